The molecule has 16 heavy (non-hydrogen) atoms. The molecule has 1 nitrogen and oxygen atoms in total. The second-order valence-corrected chi connectivity index (χ2v) is 7.92. The molecule has 1 saturated carbocycles. The molecule has 0 aromatic rings. The third kappa shape index (κ3) is 5.26. The number of hydrogen-bond acceptors (Lipinski definition) is 1. The van der Waals surface area contributed by atoms with Crippen molar-refractivity contribution in [2.24, 2.45) is 0 Å². The minimum atomic E-state index is -0.611. The van der Waals surface area contributed by atoms with Crippen LogP contribution < -0.4 is 0 Å². The lowest BCUT2D eigenvalue weighted by atomic mass is 9.97. The summed E-state index contributed by atoms with van der Waals surface area (Å²) >= 11 is 35.3. The van der Waals surface area contributed by atoms with E-state index in [9.17, 15) is 4.21 Å². The molecule has 0 unspecified atom stereocenters. The molecule has 1 aliphatic carbocycles. The number of rotatable bonds is 0. The minimum absolute atomic E-state index is 0.437. The topological polar surface area (TPSA) is 17.1 Å². The third-order valence-electron chi connectivity index (χ3n) is 1.83. The van der Waals surface area contributed by atoms with Gasteiger partial charge in [0.05, 0.1) is 32.3 Å². The maximum atomic E-state index is 9.56. The van der Waals surface area contributed by atoms with Gasteiger partial charge in [-0.25, -0.2) is 0 Å². The van der Waals surface area contributed by atoms with Crippen LogP contribution in [-0.4, -0.2) is 49.0 Å². The molecule has 0 saturated heterocycles. The predicted molar refractivity (Wildman–Crippen MR) is 77.8 cm³/mol. The molecule has 1 aliphatic rings. The summed E-state index contributed by atoms with van der Waals surface area (Å²) in [5, 5.41) is -2.62. The number of alkyl halides is 6. The molecule has 1 fully saturated rings. The van der Waals surface area contributed by atoms with Crippen molar-refractivity contribution < 1.29 is 4.21 Å². The van der Waals surface area contributed by atoms with Gasteiger partial charge < -0.3 is 0 Å². The van der Waals surface area contributed by atoms with Crippen LogP contribution in [0.2, 0.25) is 0 Å². The minimum Gasteiger partial charge on any atom is -0.260 e. The van der Waals surface area contributed by atoms with E-state index in [1.807, 2.05) is 0 Å². The van der Waals surface area contributed by atoms with Crippen LogP contribution in [-0.2, 0) is 10.8 Å². The van der Waals surface area contributed by atoms with Crippen molar-refractivity contribution in [1.29, 1.82) is 0 Å². The van der Waals surface area contributed by atoms with Crippen molar-refractivity contribution in [2.75, 3.05) is 12.5 Å². The average Bonchev–Trinajstić information content (AvgIpc) is 2.20. The Bertz CT molecular complexity index is 178. The van der Waals surface area contributed by atoms with E-state index in [-0.39, 0.29) is 0 Å². The summed E-state index contributed by atoms with van der Waals surface area (Å²) in [6.45, 7) is 0. The highest BCUT2D eigenvalue weighted by molar-refractivity contribution is 7.83. The van der Waals surface area contributed by atoms with Crippen molar-refractivity contribution >= 4 is 80.4 Å². The number of hydrogen-bond donors (Lipinski definition) is 0. The van der Waals surface area contributed by atoms with E-state index in [0.29, 0.717) is 0 Å². The van der Waals surface area contributed by atoms with Gasteiger partial charge in [-0.1, -0.05) is 0 Å². The molecule has 8 heteroatoms. The van der Waals surface area contributed by atoms with Gasteiger partial charge in [0.2, 0.25) is 0 Å². The van der Waals surface area contributed by atoms with Gasteiger partial charge in [-0.2, -0.15) is 0 Å². The molecule has 0 aromatic carbocycles. The Labute approximate surface area is 128 Å². The largest absolute Gasteiger partial charge is 0.260 e. The Morgan fingerprint density at radius 1 is 0.625 bits per heavy atom. The molecule has 0 atom stereocenters. The smallest absolute Gasteiger partial charge is 0.0693 e. The van der Waals surface area contributed by atoms with Crippen LogP contribution in [0.1, 0.15) is 0 Å². The average molecular weight is 369 g/mol. The standard InChI is InChI=1S/C6H6Cl6.C2H6OS/c7-1-2(8)4(10)6(12)5(11)3(1)9;1-4(2)3/h1-6H;1-2H3. The summed E-state index contributed by atoms with van der Waals surface area (Å²) in [5.41, 5.74) is 0. The molecular weight excluding hydrogens is 357 g/mol. The van der Waals surface area contributed by atoms with Gasteiger partial charge in [-0.05, 0) is 0 Å². The highest BCUT2D eigenvalue weighted by Crippen LogP contribution is 2.39. The number of halogens is 6. The molecule has 1 rings (SSSR count). The molecule has 0 amide bonds. The first kappa shape index (κ1) is 17.9. The highest BCUT2D eigenvalue weighted by Gasteiger charge is 2.46. The van der Waals surface area contributed by atoms with Gasteiger partial charge in [0, 0.05) is 23.3 Å². The van der Waals surface area contributed by atoms with Gasteiger partial charge in [0.15, 0.2) is 0 Å². The summed E-state index contributed by atoms with van der Waals surface area (Å²) < 4.78 is 9.56. The van der Waals surface area contributed by atoms with Crippen molar-refractivity contribution in [3.8, 4) is 0 Å². The molecule has 0 heterocycles. The highest BCUT2D eigenvalue weighted by atomic mass is 35.5. The molecular formula is C8H12Cl6OS. The molecule has 0 aromatic heterocycles. The van der Waals surface area contributed by atoms with Crippen LogP contribution in [0.25, 0.3) is 0 Å². The van der Waals surface area contributed by atoms with Crippen LogP contribution in [0, 0.1) is 0 Å². The fraction of sp³-hybridized carbons (Fsp3) is 1.00. The summed E-state index contributed by atoms with van der Waals surface area (Å²) in [6, 6.07) is 0. The zero-order chi connectivity index (χ0) is 13.0. The van der Waals surface area contributed by atoms with Crippen LogP contribution in [0.5, 0.6) is 0 Å². The van der Waals surface area contributed by atoms with E-state index in [1.54, 1.807) is 12.5 Å². The molecule has 0 spiro atoms. The van der Waals surface area contributed by atoms with Crippen molar-refractivity contribution in [2.45, 2.75) is 32.3 Å². The SMILES string of the molecule is CS(C)=O.ClC1C(Cl)C(Cl)C(Cl)C(Cl)C1Cl. The molecule has 98 valence electrons. The van der Waals surface area contributed by atoms with Gasteiger partial charge in [0.1, 0.15) is 0 Å². The fourth-order valence-corrected chi connectivity index (χ4v) is 3.38. The van der Waals surface area contributed by atoms with E-state index in [0.717, 1.165) is 0 Å². The lowest BCUT2D eigenvalue weighted by molar-refractivity contribution is 0.544. The van der Waals surface area contributed by atoms with Crippen molar-refractivity contribution in [3.05, 3.63) is 0 Å². The first-order chi connectivity index (χ1) is 7.20. The molecule has 0 bridgehead atoms. The Morgan fingerprint density at radius 2 is 0.688 bits per heavy atom. The van der Waals surface area contributed by atoms with Gasteiger partial charge in [0.25, 0.3) is 0 Å². The van der Waals surface area contributed by atoms with Crippen LogP contribution in [0.15, 0.2) is 0 Å². The maximum absolute atomic E-state index is 9.56. The predicted octanol–water partition coefficient (Wildman–Crippen LogP) is 3.64. The van der Waals surface area contributed by atoms with E-state index in [1.165, 1.54) is 0 Å². The molecule has 0 radical (unpaired) electrons. The molecule has 0 aliphatic heterocycles. The normalized spacial score (nSPS) is 43.8. The Balaban J connectivity index is 0.000000487. The maximum Gasteiger partial charge on any atom is 0.0693 e. The fourth-order valence-electron chi connectivity index (χ4n) is 1.05. The zero-order valence-electron chi connectivity index (χ0n) is 8.55. The Kier molecular flexibility index (Phi) is 9.10. The van der Waals surface area contributed by atoms with Gasteiger partial charge >= 0.3 is 0 Å². The van der Waals surface area contributed by atoms with E-state index in [4.69, 9.17) is 69.6 Å². The summed E-state index contributed by atoms with van der Waals surface area (Å²) in [6.07, 6.45) is 3.28. The summed E-state index contributed by atoms with van der Waals surface area (Å²) in [7, 11) is -0.611. The van der Waals surface area contributed by atoms with Crippen LogP contribution >= 0.6 is 69.6 Å². The van der Waals surface area contributed by atoms with Crippen molar-refractivity contribution in [3.63, 3.8) is 0 Å². The van der Waals surface area contributed by atoms with E-state index < -0.39 is 43.1 Å². The summed E-state index contributed by atoms with van der Waals surface area (Å²) in [5.74, 6) is 0. The summed E-state index contributed by atoms with van der Waals surface area (Å²) in [4.78, 5) is 0. The first-order valence-corrected chi connectivity index (χ1v) is 8.88. The second kappa shape index (κ2) is 8.14. The second-order valence-electron chi connectivity index (χ2n) is 3.41. The van der Waals surface area contributed by atoms with Crippen LogP contribution in [0.3, 0.4) is 0 Å². The Morgan fingerprint density at radius 3 is 0.750 bits per heavy atom. The zero-order valence-corrected chi connectivity index (χ0v) is 13.9. The first-order valence-electron chi connectivity index (χ1n) is 4.29. The lowest BCUT2D eigenvalue weighted by Gasteiger charge is -2.37. The van der Waals surface area contributed by atoms with Crippen molar-refractivity contribution in [1.82, 2.24) is 0 Å². The van der Waals surface area contributed by atoms with Gasteiger partial charge in [-0.3, -0.25) is 4.21 Å². The lowest BCUT2D eigenvalue weighted by Crippen LogP contribution is -2.52. The van der Waals surface area contributed by atoms with E-state index >= 15 is 0 Å². The Hall–Kier alpha value is 1.89. The van der Waals surface area contributed by atoms with Crippen LogP contribution in [0.4, 0.5) is 0 Å². The van der Waals surface area contributed by atoms with E-state index in [2.05, 4.69) is 0 Å². The monoisotopic (exact) mass is 366 g/mol. The quantitative estimate of drug-likeness (QED) is 0.596. The van der Waals surface area contributed by atoms with Gasteiger partial charge in [-0.15, -0.1) is 69.6 Å². The third-order valence-corrected chi connectivity index (χ3v) is 5.86. The molecule has 0 N–H and O–H groups in total.